The van der Waals surface area contributed by atoms with Crippen LogP contribution in [0.1, 0.15) is 38.8 Å². The maximum absolute atomic E-state index is 15.2. The lowest BCUT2D eigenvalue weighted by Gasteiger charge is -2.24. The first-order valence-corrected chi connectivity index (χ1v) is 17.1. The largest absolute Gasteiger partial charge is 0.449 e. The summed E-state index contributed by atoms with van der Waals surface area (Å²) in [4.78, 5) is 47.6. The van der Waals surface area contributed by atoms with Crippen LogP contribution in [0.3, 0.4) is 0 Å². The number of carbonyl (C=O) groups is 2. The summed E-state index contributed by atoms with van der Waals surface area (Å²) in [6.45, 7) is 4.59. The van der Waals surface area contributed by atoms with Crippen molar-refractivity contribution in [1.82, 2.24) is 9.13 Å². The molecular weight excluding hydrogens is 693 g/mol. The van der Waals surface area contributed by atoms with Gasteiger partial charge in [0.25, 0.3) is 0 Å². The van der Waals surface area contributed by atoms with Crippen LogP contribution in [0.5, 0.6) is 0 Å². The number of sulfone groups is 1. The monoisotopic (exact) mass is 722 g/mol. The van der Waals surface area contributed by atoms with Crippen molar-refractivity contribution in [2.45, 2.75) is 44.8 Å². The fourth-order valence-corrected chi connectivity index (χ4v) is 6.06. The predicted octanol–water partition coefficient (Wildman–Crippen LogP) is 5.33. The Kier molecular flexibility index (Phi) is 10.5. The standard InChI is InChI=1S/C27H30BrF2N2O10PS/c1-6-40-25(35)32-15-22(18-8-10-19(11-9-18)44(5,38)39)31(24(32)34)14-17-7-12-20(21(28)13-17)27(29,30)43(36,37)42-16-41-23(33)26(2,3)4/h7-13,15H,6,14,16H2,1-5H3,(H,36,37). The van der Waals surface area contributed by atoms with Gasteiger partial charge in [0.15, 0.2) is 9.84 Å². The van der Waals surface area contributed by atoms with Gasteiger partial charge in [-0.3, -0.25) is 18.5 Å². The summed E-state index contributed by atoms with van der Waals surface area (Å²) in [6.07, 6.45) is 1.27. The molecule has 44 heavy (non-hydrogen) atoms. The number of alkyl halides is 2. The molecule has 0 saturated carbocycles. The van der Waals surface area contributed by atoms with Crippen molar-refractivity contribution in [2.24, 2.45) is 5.41 Å². The number of rotatable bonds is 10. The van der Waals surface area contributed by atoms with Crippen LogP contribution in [0.25, 0.3) is 11.3 Å². The Morgan fingerprint density at radius 2 is 1.68 bits per heavy atom. The van der Waals surface area contributed by atoms with E-state index in [4.69, 9.17) is 4.74 Å². The Balaban J connectivity index is 1.96. The molecule has 0 bridgehead atoms. The molecule has 3 aromatic rings. The van der Waals surface area contributed by atoms with Crippen LogP contribution in [-0.2, 0) is 45.4 Å². The van der Waals surface area contributed by atoms with Crippen molar-refractivity contribution < 1.29 is 50.2 Å². The van der Waals surface area contributed by atoms with E-state index in [9.17, 15) is 32.3 Å². The van der Waals surface area contributed by atoms with Crippen molar-refractivity contribution in [3.63, 3.8) is 0 Å². The summed E-state index contributed by atoms with van der Waals surface area (Å²) in [5.41, 5.74) is -6.35. The molecule has 0 aliphatic rings. The summed E-state index contributed by atoms with van der Waals surface area (Å²) >= 11 is 2.99. The highest BCUT2D eigenvalue weighted by molar-refractivity contribution is 9.10. The van der Waals surface area contributed by atoms with Crippen molar-refractivity contribution >= 4 is 45.4 Å². The highest BCUT2D eigenvalue weighted by atomic mass is 79.9. The van der Waals surface area contributed by atoms with Gasteiger partial charge in [0.05, 0.1) is 29.2 Å². The molecule has 0 aliphatic carbocycles. The Morgan fingerprint density at radius 1 is 1.07 bits per heavy atom. The third-order valence-electron chi connectivity index (χ3n) is 6.11. The van der Waals surface area contributed by atoms with Gasteiger partial charge in [0.2, 0.25) is 6.79 Å². The number of aromatic nitrogens is 2. The molecule has 0 radical (unpaired) electrons. The second-order valence-corrected chi connectivity index (χ2v) is 15.3. The number of carbonyl (C=O) groups excluding carboxylic acids is 2. The number of benzene rings is 2. The minimum atomic E-state index is -5.71. The average molecular weight is 723 g/mol. The molecule has 1 unspecified atom stereocenters. The summed E-state index contributed by atoms with van der Waals surface area (Å²) in [6, 6.07) is 8.76. The number of halogens is 3. The molecule has 240 valence electrons. The van der Waals surface area contributed by atoms with E-state index in [0.717, 1.165) is 16.9 Å². The van der Waals surface area contributed by atoms with Gasteiger partial charge in [-0.05, 0) is 57.0 Å². The number of nitrogens with zero attached hydrogens (tertiary/aromatic N) is 2. The van der Waals surface area contributed by atoms with Gasteiger partial charge in [-0.2, -0.15) is 8.78 Å². The SMILES string of the molecule is CCOC(=O)n1cc(-c2ccc(S(C)(=O)=O)cc2)n(Cc2ccc(C(F)(F)P(=O)(O)OCOC(=O)C(C)(C)C)c(Br)c2)c1=O. The molecule has 12 nitrogen and oxygen atoms in total. The van der Waals surface area contributed by atoms with E-state index in [1.54, 1.807) is 6.92 Å². The van der Waals surface area contributed by atoms with Crippen LogP contribution in [0.2, 0.25) is 0 Å². The van der Waals surface area contributed by atoms with Crippen molar-refractivity contribution in [3.8, 4) is 11.3 Å². The highest BCUT2D eigenvalue weighted by Crippen LogP contribution is 2.64. The van der Waals surface area contributed by atoms with Crippen molar-refractivity contribution in [3.05, 3.63) is 74.7 Å². The zero-order valence-corrected chi connectivity index (χ0v) is 27.5. The molecule has 2 aromatic carbocycles. The molecule has 0 aliphatic heterocycles. The lowest BCUT2D eigenvalue weighted by molar-refractivity contribution is -0.160. The summed E-state index contributed by atoms with van der Waals surface area (Å²) in [5, 5.41) is 0. The number of esters is 1. The van der Waals surface area contributed by atoms with Crippen LogP contribution in [-0.4, -0.2) is 54.2 Å². The number of hydrogen-bond donors (Lipinski definition) is 1. The van der Waals surface area contributed by atoms with Crippen molar-refractivity contribution in [2.75, 3.05) is 19.7 Å². The van der Waals surface area contributed by atoms with Crippen LogP contribution in [0.15, 0.2) is 62.8 Å². The minimum absolute atomic E-state index is 0.0189. The molecule has 0 fully saturated rings. The van der Waals surface area contributed by atoms with E-state index in [-0.39, 0.29) is 33.8 Å². The highest BCUT2D eigenvalue weighted by Gasteiger charge is 2.54. The van der Waals surface area contributed by atoms with E-state index in [1.807, 2.05) is 0 Å². The lowest BCUT2D eigenvalue weighted by atomic mass is 9.98. The van der Waals surface area contributed by atoms with Gasteiger partial charge >= 0.3 is 31.0 Å². The zero-order chi connectivity index (χ0) is 33.3. The first kappa shape index (κ1) is 35.3. The topological polar surface area (TPSA) is 160 Å². The summed E-state index contributed by atoms with van der Waals surface area (Å²) < 4.78 is 82.2. The fourth-order valence-electron chi connectivity index (χ4n) is 3.74. The predicted molar refractivity (Wildman–Crippen MR) is 158 cm³/mol. The first-order chi connectivity index (χ1) is 20.2. The van der Waals surface area contributed by atoms with Gasteiger partial charge in [0.1, 0.15) is 0 Å². The Labute approximate surface area is 260 Å². The molecule has 0 spiro atoms. The van der Waals surface area contributed by atoms with E-state index in [1.165, 1.54) is 63.4 Å². The molecule has 1 atom stereocenters. The van der Waals surface area contributed by atoms with E-state index >= 15 is 8.78 Å². The maximum Gasteiger partial charge on any atom is 0.422 e. The molecule has 3 rings (SSSR count). The number of ether oxygens (including phenoxy) is 2. The van der Waals surface area contributed by atoms with Gasteiger partial charge in [-0.25, -0.2) is 22.6 Å². The average Bonchev–Trinajstić information content (AvgIpc) is 3.23. The van der Waals surface area contributed by atoms with E-state index in [2.05, 4.69) is 25.2 Å². The molecule has 0 saturated heterocycles. The van der Waals surface area contributed by atoms with Crippen LogP contribution < -0.4 is 5.69 Å². The molecule has 17 heteroatoms. The summed E-state index contributed by atoms with van der Waals surface area (Å²) in [7, 11) is -9.23. The third-order valence-corrected chi connectivity index (χ3v) is 9.30. The van der Waals surface area contributed by atoms with Crippen LogP contribution in [0.4, 0.5) is 13.6 Å². The third kappa shape index (κ3) is 7.72. The fraction of sp³-hybridized carbons (Fsp3) is 0.370. The normalized spacial score (nSPS) is 13.8. The summed E-state index contributed by atoms with van der Waals surface area (Å²) in [5.74, 6) is -0.830. The Hall–Kier alpha value is -3.17. The smallest absolute Gasteiger partial charge is 0.422 e. The minimum Gasteiger partial charge on any atom is -0.449 e. The molecular formula is C27H30BrF2N2O10PS. The van der Waals surface area contributed by atoms with Crippen LogP contribution >= 0.6 is 23.5 Å². The van der Waals surface area contributed by atoms with E-state index in [0.29, 0.717) is 10.1 Å². The Morgan fingerprint density at radius 3 is 2.20 bits per heavy atom. The lowest BCUT2D eigenvalue weighted by Crippen LogP contribution is -2.30. The zero-order valence-electron chi connectivity index (χ0n) is 24.2. The van der Waals surface area contributed by atoms with Gasteiger partial charge < -0.3 is 14.4 Å². The second-order valence-electron chi connectivity index (χ2n) is 10.6. The number of imidazole rings is 1. The Bertz CT molecular complexity index is 1780. The van der Waals surface area contributed by atoms with Gasteiger partial charge in [-0.1, -0.05) is 40.2 Å². The molecule has 1 heterocycles. The first-order valence-electron chi connectivity index (χ1n) is 12.8. The molecule has 1 aromatic heterocycles. The van der Waals surface area contributed by atoms with E-state index < -0.39 is 58.6 Å². The van der Waals surface area contributed by atoms with Gasteiger partial charge in [0, 0.05) is 22.5 Å². The second kappa shape index (κ2) is 13.1. The maximum atomic E-state index is 15.2. The molecule has 0 amide bonds. The molecule has 1 N–H and O–H groups in total. The quantitative estimate of drug-likeness (QED) is 0.165. The van der Waals surface area contributed by atoms with Gasteiger partial charge in [-0.15, -0.1) is 0 Å². The number of hydrogen-bond acceptors (Lipinski definition) is 9. The van der Waals surface area contributed by atoms with Crippen LogP contribution in [0, 0.1) is 5.41 Å². The van der Waals surface area contributed by atoms with Crippen molar-refractivity contribution in [1.29, 1.82) is 0 Å².